The van der Waals surface area contributed by atoms with E-state index in [0.717, 1.165) is 12.0 Å². The summed E-state index contributed by atoms with van der Waals surface area (Å²) in [4.78, 5) is 24.7. The van der Waals surface area contributed by atoms with Gasteiger partial charge in [0.25, 0.3) is 5.91 Å². The van der Waals surface area contributed by atoms with Gasteiger partial charge < -0.3 is 5.32 Å². The molecule has 1 aliphatic heterocycles. The summed E-state index contributed by atoms with van der Waals surface area (Å²) in [5.74, 6) is -0.309. The summed E-state index contributed by atoms with van der Waals surface area (Å²) in [5.41, 5.74) is 1.58. The molecule has 0 unspecified atom stereocenters. The number of nitrogens with one attached hydrogen (secondary N) is 1. The van der Waals surface area contributed by atoms with E-state index in [1.807, 2.05) is 13.0 Å². The maximum atomic E-state index is 12.0. The van der Waals surface area contributed by atoms with E-state index < -0.39 is 0 Å². The number of urea groups is 1. The van der Waals surface area contributed by atoms with E-state index in [0.29, 0.717) is 12.1 Å². The number of rotatable bonds is 3. The van der Waals surface area contributed by atoms with Crippen molar-refractivity contribution in [1.82, 2.24) is 10.2 Å². The zero-order valence-electron chi connectivity index (χ0n) is 10.5. The fourth-order valence-corrected chi connectivity index (χ4v) is 1.82. The van der Waals surface area contributed by atoms with Crippen molar-refractivity contribution in [2.24, 2.45) is 0 Å². The first-order valence-corrected chi connectivity index (χ1v) is 6.00. The van der Waals surface area contributed by atoms with Crippen molar-refractivity contribution in [1.29, 1.82) is 5.26 Å². The van der Waals surface area contributed by atoms with E-state index in [4.69, 9.17) is 5.26 Å². The Balaban J connectivity index is 2.22. The molecule has 5 heteroatoms. The third kappa shape index (κ3) is 2.63. The lowest BCUT2D eigenvalue weighted by molar-refractivity contribution is -0.122. The molecular formula is C14H13N3O2. The Hall–Kier alpha value is -2.61. The minimum absolute atomic E-state index is 0.267. The third-order valence-corrected chi connectivity index (χ3v) is 2.76. The van der Waals surface area contributed by atoms with Gasteiger partial charge in [-0.05, 0) is 30.2 Å². The second-order valence-electron chi connectivity index (χ2n) is 4.18. The van der Waals surface area contributed by atoms with Crippen molar-refractivity contribution in [2.45, 2.75) is 13.3 Å². The number of hydrogen-bond acceptors (Lipinski definition) is 3. The maximum Gasteiger partial charge on any atom is 0.329 e. The van der Waals surface area contributed by atoms with Crippen LogP contribution in [0.3, 0.4) is 0 Å². The van der Waals surface area contributed by atoms with Crippen LogP contribution < -0.4 is 5.32 Å². The SMILES string of the molecule is CCCN1C(=O)N/C(=C\c2ccc(C#N)cc2)C1=O. The Kier molecular flexibility index (Phi) is 3.62. The molecule has 1 aromatic rings. The van der Waals surface area contributed by atoms with Crippen molar-refractivity contribution < 1.29 is 9.59 Å². The molecule has 0 atom stereocenters. The first-order chi connectivity index (χ1) is 9.15. The molecule has 0 bridgehead atoms. The Morgan fingerprint density at radius 2 is 2.00 bits per heavy atom. The minimum Gasteiger partial charge on any atom is -0.303 e. The van der Waals surface area contributed by atoms with Gasteiger partial charge in [-0.15, -0.1) is 0 Å². The highest BCUT2D eigenvalue weighted by Crippen LogP contribution is 2.14. The number of benzene rings is 1. The molecule has 0 radical (unpaired) electrons. The lowest BCUT2D eigenvalue weighted by Crippen LogP contribution is -2.31. The molecule has 0 saturated carbocycles. The molecule has 0 spiro atoms. The van der Waals surface area contributed by atoms with E-state index in [2.05, 4.69) is 5.32 Å². The summed E-state index contributed by atoms with van der Waals surface area (Å²) in [6.07, 6.45) is 2.33. The number of imide groups is 1. The van der Waals surface area contributed by atoms with Crippen LogP contribution in [-0.4, -0.2) is 23.4 Å². The van der Waals surface area contributed by atoms with Crippen LogP contribution in [0.2, 0.25) is 0 Å². The summed E-state index contributed by atoms with van der Waals surface area (Å²) in [6, 6.07) is 8.43. The van der Waals surface area contributed by atoms with Crippen LogP contribution in [0, 0.1) is 11.3 Å². The molecule has 1 saturated heterocycles. The standard InChI is InChI=1S/C14H13N3O2/c1-2-7-17-13(18)12(16-14(17)19)8-10-3-5-11(9-15)6-4-10/h3-6,8H,2,7H2,1H3,(H,16,19)/b12-8-. The van der Waals surface area contributed by atoms with E-state index in [1.165, 1.54) is 4.90 Å². The molecule has 1 heterocycles. The predicted molar refractivity (Wildman–Crippen MR) is 69.7 cm³/mol. The van der Waals surface area contributed by atoms with Gasteiger partial charge >= 0.3 is 6.03 Å². The topological polar surface area (TPSA) is 73.2 Å². The highest BCUT2D eigenvalue weighted by molar-refractivity contribution is 6.13. The summed E-state index contributed by atoms with van der Waals surface area (Å²) >= 11 is 0. The normalized spacial score (nSPS) is 16.6. The van der Waals surface area contributed by atoms with E-state index in [9.17, 15) is 9.59 Å². The zero-order chi connectivity index (χ0) is 13.8. The second-order valence-corrected chi connectivity index (χ2v) is 4.18. The van der Waals surface area contributed by atoms with Gasteiger partial charge in [0.15, 0.2) is 0 Å². The molecule has 19 heavy (non-hydrogen) atoms. The highest BCUT2D eigenvalue weighted by atomic mass is 16.2. The molecule has 5 nitrogen and oxygen atoms in total. The van der Waals surface area contributed by atoms with Gasteiger partial charge in [0, 0.05) is 6.54 Å². The number of carbonyl (C=O) groups is 2. The Labute approximate surface area is 111 Å². The smallest absolute Gasteiger partial charge is 0.303 e. The summed E-state index contributed by atoms with van der Waals surface area (Å²) in [5, 5.41) is 11.2. The molecule has 1 aromatic carbocycles. The maximum absolute atomic E-state index is 12.0. The van der Waals surface area contributed by atoms with Gasteiger partial charge in [-0.1, -0.05) is 19.1 Å². The fraction of sp³-hybridized carbons (Fsp3) is 0.214. The lowest BCUT2D eigenvalue weighted by Gasteiger charge is -2.08. The largest absolute Gasteiger partial charge is 0.329 e. The van der Waals surface area contributed by atoms with Crippen LogP contribution in [0.15, 0.2) is 30.0 Å². The van der Waals surface area contributed by atoms with Gasteiger partial charge in [-0.2, -0.15) is 5.26 Å². The first-order valence-electron chi connectivity index (χ1n) is 6.00. The van der Waals surface area contributed by atoms with Crippen LogP contribution in [-0.2, 0) is 4.79 Å². The molecule has 1 N–H and O–H groups in total. The van der Waals surface area contributed by atoms with Crippen molar-refractivity contribution in [3.63, 3.8) is 0 Å². The van der Waals surface area contributed by atoms with Crippen LogP contribution in [0.1, 0.15) is 24.5 Å². The Morgan fingerprint density at radius 3 is 2.58 bits per heavy atom. The lowest BCUT2D eigenvalue weighted by atomic mass is 10.1. The van der Waals surface area contributed by atoms with Crippen LogP contribution in [0.4, 0.5) is 4.79 Å². The fourth-order valence-electron chi connectivity index (χ4n) is 1.82. The first kappa shape index (κ1) is 12.8. The van der Waals surface area contributed by atoms with Gasteiger partial charge in [0.2, 0.25) is 0 Å². The number of nitrogens with zero attached hydrogens (tertiary/aromatic N) is 2. The number of hydrogen-bond donors (Lipinski definition) is 1. The average molecular weight is 255 g/mol. The van der Waals surface area contributed by atoms with Crippen molar-refractivity contribution in [2.75, 3.05) is 6.54 Å². The molecular weight excluding hydrogens is 242 g/mol. The summed E-state index contributed by atoms with van der Waals surface area (Å²) < 4.78 is 0. The minimum atomic E-state index is -0.383. The van der Waals surface area contributed by atoms with Crippen molar-refractivity contribution in [3.8, 4) is 6.07 Å². The summed E-state index contributed by atoms with van der Waals surface area (Å²) in [7, 11) is 0. The van der Waals surface area contributed by atoms with Gasteiger partial charge in [0.05, 0.1) is 11.6 Å². The molecule has 0 aliphatic carbocycles. The summed E-state index contributed by atoms with van der Waals surface area (Å²) in [6.45, 7) is 2.32. The molecule has 1 aliphatic rings. The van der Waals surface area contributed by atoms with Gasteiger partial charge in [-0.3, -0.25) is 9.69 Å². The number of carbonyl (C=O) groups excluding carboxylic acids is 2. The molecule has 0 aromatic heterocycles. The molecule has 3 amide bonds. The van der Waals surface area contributed by atoms with Crippen molar-refractivity contribution >= 4 is 18.0 Å². The Morgan fingerprint density at radius 1 is 1.32 bits per heavy atom. The molecule has 1 fully saturated rings. The van der Waals surface area contributed by atoms with Crippen LogP contribution in [0.5, 0.6) is 0 Å². The molecule has 2 rings (SSSR count). The van der Waals surface area contributed by atoms with E-state index >= 15 is 0 Å². The predicted octanol–water partition coefficient (Wildman–Crippen LogP) is 1.86. The van der Waals surface area contributed by atoms with Crippen LogP contribution in [0.25, 0.3) is 6.08 Å². The van der Waals surface area contributed by atoms with E-state index in [-0.39, 0.29) is 17.6 Å². The Bertz CT molecular complexity index is 582. The van der Waals surface area contributed by atoms with Crippen LogP contribution >= 0.6 is 0 Å². The average Bonchev–Trinajstić information content (AvgIpc) is 2.68. The third-order valence-electron chi connectivity index (χ3n) is 2.76. The van der Waals surface area contributed by atoms with Gasteiger partial charge in [0.1, 0.15) is 5.70 Å². The monoisotopic (exact) mass is 255 g/mol. The van der Waals surface area contributed by atoms with Crippen molar-refractivity contribution in [3.05, 3.63) is 41.1 Å². The number of amides is 3. The highest BCUT2D eigenvalue weighted by Gasteiger charge is 2.32. The number of nitriles is 1. The van der Waals surface area contributed by atoms with E-state index in [1.54, 1.807) is 30.3 Å². The van der Waals surface area contributed by atoms with Gasteiger partial charge in [-0.25, -0.2) is 4.79 Å². The zero-order valence-corrected chi connectivity index (χ0v) is 10.5. The quantitative estimate of drug-likeness (QED) is 0.661. The second kappa shape index (κ2) is 5.36. The molecule has 96 valence electrons.